The molecule has 0 unspecified atom stereocenters. The number of hydrogen-bond donors (Lipinski definition) is 1. The molecule has 0 bridgehead atoms. The van der Waals surface area contributed by atoms with E-state index >= 15 is 0 Å². The van der Waals surface area contributed by atoms with E-state index in [1.807, 2.05) is 36.4 Å². The maximum Gasteiger partial charge on any atom is 0.256 e. The van der Waals surface area contributed by atoms with E-state index in [1.54, 1.807) is 28.9 Å². The van der Waals surface area contributed by atoms with E-state index in [9.17, 15) is 4.79 Å². The number of rotatable bonds is 4. The van der Waals surface area contributed by atoms with E-state index in [1.165, 1.54) is 0 Å². The minimum atomic E-state index is -0.197. The molecule has 0 atom stereocenters. The molecule has 1 saturated carbocycles. The fraction of sp³-hybridized carbons (Fsp3) is 0.158. The first-order valence-electron chi connectivity index (χ1n) is 7.93. The zero-order chi connectivity index (χ0) is 16.5. The van der Waals surface area contributed by atoms with Crippen LogP contribution < -0.4 is 5.32 Å². The van der Waals surface area contributed by atoms with Crippen LogP contribution in [-0.4, -0.2) is 15.7 Å². The van der Waals surface area contributed by atoms with Crippen LogP contribution in [0.1, 0.15) is 34.8 Å². The van der Waals surface area contributed by atoms with Gasteiger partial charge in [-0.3, -0.25) is 4.79 Å². The van der Waals surface area contributed by atoms with Gasteiger partial charge in [0, 0.05) is 22.6 Å². The van der Waals surface area contributed by atoms with Crippen LogP contribution in [0.3, 0.4) is 0 Å². The van der Waals surface area contributed by atoms with Gasteiger partial charge < -0.3 is 5.32 Å². The first-order chi connectivity index (χ1) is 11.7. The van der Waals surface area contributed by atoms with Crippen molar-refractivity contribution in [2.45, 2.75) is 18.8 Å². The number of hydrogen-bond acceptors (Lipinski definition) is 2. The summed E-state index contributed by atoms with van der Waals surface area (Å²) in [7, 11) is 0. The fourth-order valence-electron chi connectivity index (χ4n) is 2.65. The SMILES string of the molecule is O=C(Nc1cc(C2CC2)nn1-c1ccccc1)c1cccc(Cl)c1. The summed E-state index contributed by atoms with van der Waals surface area (Å²) in [6.45, 7) is 0. The lowest BCUT2D eigenvalue weighted by atomic mass is 10.2. The molecule has 5 heteroatoms. The zero-order valence-electron chi connectivity index (χ0n) is 12.9. The van der Waals surface area contributed by atoms with E-state index < -0.39 is 0 Å². The Morgan fingerprint density at radius 1 is 1.08 bits per heavy atom. The Hall–Kier alpha value is -2.59. The molecule has 1 aromatic heterocycles. The average molecular weight is 338 g/mol. The summed E-state index contributed by atoms with van der Waals surface area (Å²) in [5.41, 5.74) is 2.47. The van der Waals surface area contributed by atoms with Crippen molar-refractivity contribution in [3.8, 4) is 5.69 Å². The van der Waals surface area contributed by atoms with Gasteiger partial charge in [-0.2, -0.15) is 5.10 Å². The summed E-state index contributed by atoms with van der Waals surface area (Å²) in [4.78, 5) is 12.5. The summed E-state index contributed by atoms with van der Waals surface area (Å²) in [6, 6.07) is 18.7. The van der Waals surface area contributed by atoms with Crippen LogP contribution in [-0.2, 0) is 0 Å². The van der Waals surface area contributed by atoms with Crippen molar-refractivity contribution in [3.05, 3.63) is 76.9 Å². The minimum Gasteiger partial charge on any atom is -0.306 e. The van der Waals surface area contributed by atoms with E-state index in [0.29, 0.717) is 22.3 Å². The number of benzene rings is 2. The average Bonchev–Trinajstić information content (AvgIpc) is 3.37. The van der Waals surface area contributed by atoms with Crippen molar-refractivity contribution >= 4 is 23.3 Å². The molecule has 120 valence electrons. The highest BCUT2D eigenvalue weighted by Crippen LogP contribution is 2.40. The number of nitrogens with one attached hydrogen (secondary N) is 1. The number of anilines is 1. The third-order valence-corrected chi connectivity index (χ3v) is 4.29. The van der Waals surface area contributed by atoms with Gasteiger partial charge in [-0.25, -0.2) is 4.68 Å². The molecule has 1 heterocycles. The van der Waals surface area contributed by atoms with Gasteiger partial charge in [0.2, 0.25) is 0 Å². The van der Waals surface area contributed by atoms with E-state index in [-0.39, 0.29) is 5.91 Å². The van der Waals surface area contributed by atoms with Crippen LogP contribution in [0.25, 0.3) is 5.69 Å². The maximum absolute atomic E-state index is 12.5. The summed E-state index contributed by atoms with van der Waals surface area (Å²) >= 11 is 5.98. The van der Waals surface area contributed by atoms with Crippen LogP contribution in [0.2, 0.25) is 5.02 Å². The first-order valence-corrected chi connectivity index (χ1v) is 8.31. The Bertz CT molecular complexity index is 885. The highest BCUT2D eigenvalue weighted by molar-refractivity contribution is 6.31. The molecule has 1 fully saturated rings. The van der Waals surface area contributed by atoms with Crippen LogP contribution >= 0.6 is 11.6 Å². The monoisotopic (exact) mass is 337 g/mol. The van der Waals surface area contributed by atoms with Gasteiger partial charge in [-0.05, 0) is 43.2 Å². The van der Waals surface area contributed by atoms with Gasteiger partial charge in [-0.15, -0.1) is 0 Å². The highest BCUT2D eigenvalue weighted by atomic mass is 35.5. The molecule has 4 nitrogen and oxygen atoms in total. The molecule has 1 aliphatic carbocycles. The molecule has 0 radical (unpaired) electrons. The van der Waals surface area contributed by atoms with Crippen molar-refractivity contribution in [2.75, 3.05) is 5.32 Å². The molecule has 1 N–H and O–H groups in total. The van der Waals surface area contributed by atoms with Crippen molar-refractivity contribution < 1.29 is 4.79 Å². The summed E-state index contributed by atoms with van der Waals surface area (Å²) in [5, 5.41) is 8.18. The number of aromatic nitrogens is 2. The standard InChI is InChI=1S/C19H16ClN3O/c20-15-6-4-5-14(11-15)19(24)21-18-12-17(13-9-10-13)22-23(18)16-7-2-1-3-8-16/h1-8,11-13H,9-10H2,(H,21,24). The van der Waals surface area contributed by atoms with Crippen LogP contribution in [0, 0.1) is 0 Å². The molecule has 0 spiro atoms. The number of carbonyl (C=O) groups is 1. The second-order valence-electron chi connectivity index (χ2n) is 5.94. The molecular weight excluding hydrogens is 322 g/mol. The topological polar surface area (TPSA) is 46.9 Å². The minimum absolute atomic E-state index is 0.197. The first kappa shape index (κ1) is 15.0. The largest absolute Gasteiger partial charge is 0.306 e. The Balaban J connectivity index is 1.68. The van der Waals surface area contributed by atoms with Crippen LogP contribution in [0.15, 0.2) is 60.7 Å². The number of halogens is 1. The fourth-order valence-corrected chi connectivity index (χ4v) is 2.84. The molecule has 0 aliphatic heterocycles. The smallest absolute Gasteiger partial charge is 0.256 e. The number of carbonyl (C=O) groups excluding carboxylic acids is 1. The third-order valence-electron chi connectivity index (χ3n) is 4.05. The molecule has 1 aliphatic rings. The Labute approximate surface area is 145 Å². The second kappa shape index (κ2) is 6.13. The molecule has 1 amide bonds. The third kappa shape index (κ3) is 3.05. The van der Waals surface area contributed by atoms with E-state index in [2.05, 4.69) is 10.4 Å². The number of amides is 1. The van der Waals surface area contributed by atoms with E-state index in [0.717, 1.165) is 24.2 Å². The summed E-state index contributed by atoms with van der Waals surface area (Å²) in [6.07, 6.45) is 2.32. The van der Waals surface area contributed by atoms with Crippen molar-refractivity contribution in [1.29, 1.82) is 0 Å². The van der Waals surface area contributed by atoms with Gasteiger partial charge in [-0.1, -0.05) is 35.9 Å². The zero-order valence-corrected chi connectivity index (χ0v) is 13.7. The van der Waals surface area contributed by atoms with Crippen molar-refractivity contribution in [1.82, 2.24) is 9.78 Å². The molecule has 0 saturated heterocycles. The molecule has 3 aromatic rings. The lowest BCUT2D eigenvalue weighted by molar-refractivity contribution is 0.102. The summed E-state index contributed by atoms with van der Waals surface area (Å²) in [5.74, 6) is 0.988. The van der Waals surface area contributed by atoms with Crippen molar-refractivity contribution in [2.24, 2.45) is 0 Å². The van der Waals surface area contributed by atoms with Gasteiger partial charge in [0.15, 0.2) is 0 Å². The highest BCUT2D eigenvalue weighted by Gasteiger charge is 2.28. The van der Waals surface area contributed by atoms with Gasteiger partial charge in [0.1, 0.15) is 5.82 Å². The molecule has 4 rings (SSSR count). The summed E-state index contributed by atoms with van der Waals surface area (Å²) < 4.78 is 1.79. The Kier molecular flexibility index (Phi) is 3.82. The number of para-hydroxylation sites is 1. The quantitative estimate of drug-likeness (QED) is 0.753. The second-order valence-corrected chi connectivity index (χ2v) is 6.38. The van der Waals surface area contributed by atoms with E-state index in [4.69, 9.17) is 11.6 Å². The molecule has 24 heavy (non-hydrogen) atoms. The van der Waals surface area contributed by atoms with Gasteiger partial charge in [0.25, 0.3) is 5.91 Å². The maximum atomic E-state index is 12.5. The normalized spacial score (nSPS) is 13.7. The Morgan fingerprint density at radius 2 is 1.88 bits per heavy atom. The Morgan fingerprint density at radius 3 is 2.58 bits per heavy atom. The van der Waals surface area contributed by atoms with Crippen LogP contribution in [0.5, 0.6) is 0 Å². The predicted octanol–water partition coefficient (Wildman–Crippen LogP) is 4.66. The van der Waals surface area contributed by atoms with Crippen LogP contribution in [0.4, 0.5) is 5.82 Å². The van der Waals surface area contributed by atoms with Gasteiger partial charge in [0.05, 0.1) is 11.4 Å². The van der Waals surface area contributed by atoms with Crippen molar-refractivity contribution in [3.63, 3.8) is 0 Å². The lowest BCUT2D eigenvalue weighted by Gasteiger charge is -2.09. The predicted molar refractivity (Wildman–Crippen MR) is 94.9 cm³/mol. The number of nitrogens with zero attached hydrogens (tertiary/aromatic N) is 2. The van der Waals surface area contributed by atoms with Gasteiger partial charge >= 0.3 is 0 Å². The molecular formula is C19H16ClN3O. The molecule has 2 aromatic carbocycles. The lowest BCUT2D eigenvalue weighted by Crippen LogP contribution is -2.15.